The number of para-hydroxylation sites is 1. The Morgan fingerprint density at radius 2 is 1.85 bits per heavy atom. The van der Waals surface area contributed by atoms with Crippen molar-refractivity contribution in [3.05, 3.63) is 30.1 Å². The van der Waals surface area contributed by atoms with Gasteiger partial charge < -0.3 is 10.1 Å². The first kappa shape index (κ1) is 19.1. The van der Waals surface area contributed by atoms with Crippen LogP contribution in [0.3, 0.4) is 0 Å². The van der Waals surface area contributed by atoms with Crippen molar-refractivity contribution in [2.24, 2.45) is 0 Å². The number of ether oxygens (including phenoxy) is 1. The number of hydrogen-bond acceptors (Lipinski definition) is 6. The quantitative estimate of drug-likeness (QED) is 0.687. The molecule has 2 aromatic heterocycles. The van der Waals surface area contributed by atoms with Gasteiger partial charge in [0, 0.05) is 17.3 Å². The van der Waals surface area contributed by atoms with E-state index in [9.17, 15) is 4.79 Å². The van der Waals surface area contributed by atoms with Crippen LogP contribution in [0.15, 0.2) is 24.3 Å². The van der Waals surface area contributed by atoms with Crippen molar-refractivity contribution >= 4 is 28.5 Å². The Morgan fingerprint density at radius 1 is 1.15 bits per heavy atom. The molecular formula is C20H27N5O2. The van der Waals surface area contributed by atoms with Gasteiger partial charge in [-0.2, -0.15) is 4.52 Å². The first-order chi connectivity index (χ1) is 12.5. The van der Waals surface area contributed by atoms with Gasteiger partial charge in [0.05, 0.1) is 5.52 Å². The number of rotatable bonds is 5. The van der Waals surface area contributed by atoms with Crippen LogP contribution < -0.4 is 5.32 Å². The van der Waals surface area contributed by atoms with Gasteiger partial charge in [-0.1, -0.05) is 12.1 Å². The van der Waals surface area contributed by atoms with E-state index < -0.39 is 5.60 Å². The lowest BCUT2D eigenvalue weighted by Gasteiger charge is -2.27. The van der Waals surface area contributed by atoms with Crippen molar-refractivity contribution in [1.82, 2.24) is 19.6 Å². The number of fused-ring (bicyclic) bond motifs is 3. The van der Waals surface area contributed by atoms with Gasteiger partial charge in [0.2, 0.25) is 5.95 Å². The molecule has 0 saturated carbocycles. The molecule has 0 spiro atoms. The van der Waals surface area contributed by atoms with E-state index in [1.807, 2.05) is 65.8 Å². The lowest BCUT2D eigenvalue weighted by molar-refractivity contribution is -0.155. The zero-order valence-electron chi connectivity index (χ0n) is 16.8. The third kappa shape index (κ3) is 4.53. The average Bonchev–Trinajstić information content (AvgIpc) is 2.94. The highest BCUT2D eigenvalue weighted by molar-refractivity contribution is 5.92. The molecule has 0 atom stereocenters. The number of anilines is 1. The lowest BCUT2D eigenvalue weighted by Crippen LogP contribution is -2.34. The topological polar surface area (TPSA) is 81.4 Å². The van der Waals surface area contributed by atoms with Crippen molar-refractivity contribution in [3.8, 4) is 0 Å². The third-order valence-corrected chi connectivity index (χ3v) is 4.11. The van der Waals surface area contributed by atoms with Gasteiger partial charge in [0.25, 0.3) is 0 Å². The summed E-state index contributed by atoms with van der Waals surface area (Å²) in [4.78, 5) is 21.3. The molecule has 0 aliphatic heterocycles. The number of aromatic nitrogens is 4. The number of benzene rings is 1. The second-order valence-electron chi connectivity index (χ2n) is 8.44. The van der Waals surface area contributed by atoms with Gasteiger partial charge in [0.1, 0.15) is 11.4 Å². The van der Waals surface area contributed by atoms with Crippen LogP contribution in [-0.2, 0) is 9.53 Å². The molecule has 7 heteroatoms. The molecule has 3 rings (SSSR count). The molecule has 27 heavy (non-hydrogen) atoms. The van der Waals surface area contributed by atoms with Gasteiger partial charge in [-0.15, -0.1) is 5.10 Å². The average molecular weight is 369 g/mol. The van der Waals surface area contributed by atoms with Crippen LogP contribution in [-0.4, -0.2) is 36.7 Å². The number of aryl methyl sites for hydroxylation is 1. The third-order valence-electron chi connectivity index (χ3n) is 4.11. The first-order valence-corrected chi connectivity index (χ1v) is 9.16. The summed E-state index contributed by atoms with van der Waals surface area (Å²) in [6.07, 6.45) is 0.927. The highest BCUT2D eigenvalue weighted by Crippen LogP contribution is 2.24. The fourth-order valence-electron chi connectivity index (χ4n) is 2.91. The Bertz CT molecular complexity index is 985. The smallest absolute Gasteiger partial charge is 0.306 e. The van der Waals surface area contributed by atoms with Crippen LogP contribution in [0.1, 0.15) is 53.3 Å². The Hall–Kier alpha value is -2.70. The number of esters is 1. The molecule has 0 bridgehead atoms. The molecule has 0 fully saturated rings. The SMILES string of the molecule is Cc1nc2c3ccccc3nc(NC(C)(C)CCC(=O)OC(C)(C)C)n2n1. The predicted molar refractivity (Wildman–Crippen MR) is 106 cm³/mol. The summed E-state index contributed by atoms with van der Waals surface area (Å²) in [7, 11) is 0. The van der Waals surface area contributed by atoms with E-state index in [2.05, 4.69) is 15.4 Å². The second kappa shape index (κ2) is 6.79. The molecular weight excluding hydrogens is 342 g/mol. The zero-order valence-corrected chi connectivity index (χ0v) is 16.8. The summed E-state index contributed by atoms with van der Waals surface area (Å²) >= 11 is 0. The first-order valence-electron chi connectivity index (χ1n) is 9.16. The Balaban J connectivity index is 1.85. The summed E-state index contributed by atoms with van der Waals surface area (Å²) in [5.41, 5.74) is 0.768. The summed E-state index contributed by atoms with van der Waals surface area (Å²) in [6.45, 7) is 11.5. The fraction of sp³-hybridized carbons (Fsp3) is 0.500. The van der Waals surface area contributed by atoms with E-state index >= 15 is 0 Å². The minimum Gasteiger partial charge on any atom is -0.460 e. The predicted octanol–water partition coefficient (Wildman–Crippen LogP) is 3.90. The standard InChI is InChI=1S/C20H27N5O2/c1-13-21-17-14-9-7-8-10-15(14)22-18(25(17)24-13)23-20(5,6)12-11-16(26)27-19(2,3)4/h7-10H,11-12H2,1-6H3,(H,22,23). The minimum absolute atomic E-state index is 0.203. The van der Waals surface area contributed by atoms with Crippen LogP contribution in [0.2, 0.25) is 0 Å². The van der Waals surface area contributed by atoms with Crippen molar-refractivity contribution in [2.75, 3.05) is 5.32 Å². The maximum Gasteiger partial charge on any atom is 0.306 e. The van der Waals surface area contributed by atoms with Crippen LogP contribution in [0.25, 0.3) is 16.6 Å². The Kier molecular flexibility index (Phi) is 4.80. The highest BCUT2D eigenvalue weighted by Gasteiger charge is 2.24. The van der Waals surface area contributed by atoms with Gasteiger partial charge in [-0.25, -0.2) is 9.97 Å². The number of nitrogens with one attached hydrogen (secondary N) is 1. The van der Waals surface area contributed by atoms with Crippen LogP contribution in [0, 0.1) is 6.92 Å². The van der Waals surface area contributed by atoms with Crippen LogP contribution in [0.5, 0.6) is 0 Å². The van der Waals surface area contributed by atoms with E-state index in [1.165, 1.54) is 0 Å². The fourth-order valence-corrected chi connectivity index (χ4v) is 2.91. The monoisotopic (exact) mass is 369 g/mol. The summed E-state index contributed by atoms with van der Waals surface area (Å²) in [5.74, 6) is 1.09. The van der Waals surface area contributed by atoms with Gasteiger partial charge >= 0.3 is 5.97 Å². The van der Waals surface area contributed by atoms with E-state index in [0.717, 1.165) is 16.6 Å². The van der Waals surface area contributed by atoms with Gasteiger partial charge in [-0.3, -0.25) is 4.79 Å². The molecule has 1 N–H and O–H groups in total. The molecule has 0 aliphatic rings. The maximum absolute atomic E-state index is 12.1. The molecule has 3 aromatic rings. The maximum atomic E-state index is 12.1. The minimum atomic E-state index is -0.473. The molecule has 0 aliphatic carbocycles. The van der Waals surface area contributed by atoms with E-state index in [-0.39, 0.29) is 11.5 Å². The number of hydrogen-bond donors (Lipinski definition) is 1. The summed E-state index contributed by atoms with van der Waals surface area (Å²) in [5, 5.41) is 8.86. The normalized spacial score (nSPS) is 12.5. The molecule has 0 saturated heterocycles. The largest absolute Gasteiger partial charge is 0.460 e. The number of nitrogens with zero attached hydrogens (tertiary/aromatic N) is 4. The molecule has 2 heterocycles. The Labute approximate surface area is 159 Å². The van der Waals surface area contributed by atoms with Gasteiger partial charge in [-0.05, 0) is 60.1 Å². The highest BCUT2D eigenvalue weighted by atomic mass is 16.6. The number of carbonyl (C=O) groups excluding carboxylic acids is 1. The van der Waals surface area contributed by atoms with Crippen LogP contribution >= 0.6 is 0 Å². The van der Waals surface area contributed by atoms with Crippen molar-refractivity contribution in [3.63, 3.8) is 0 Å². The second-order valence-corrected chi connectivity index (χ2v) is 8.44. The van der Waals surface area contributed by atoms with E-state index in [1.54, 1.807) is 4.52 Å². The molecule has 7 nitrogen and oxygen atoms in total. The molecule has 0 radical (unpaired) electrons. The van der Waals surface area contributed by atoms with Crippen molar-refractivity contribution in [2.45, 2.75) is 65.5 Å². The van der Waals surface area contributed by atoms with E-state index in [0.29, 0.717) is 24.6 Å². The number of carbonyl (C=O) groups is 1. The summed E-state index contributed by atoms with van der Waals surface area (Å²) in [6, 6.07) is 7.86. The van der Waals surface area contributed by atoms with E-state index in [4.69, 9.17) is 9.72 Å². The van der Waals surface area contributed by atoms with Gasteiger partial charge in [0.15, 0.2) is 5.65 Å². The van der Waals surface area contributed by atoms with Crippen molar-refractivity contribution < 1.29 is 9.53 Å². The molecule has 1 aromatic carbocycles. The zero-order chi connectivity index (χ0) is 19.8. The molecule has 144 valence electrons. The summed E-state index contributed by atoms with van der Waals surface area (Å²) < 4.78 is 7.13. The molecule has 0 amide bonds. The Morgan fingerprint density at radius 3 is 2.56 bits per heavy atom. The molecule has 0 unspecified atom stereocenters. The van der Waals surface area contributed by atoms with Crippen LogP contribution in [0.4, 0.5) is 5.95 Å². The lowest BCUT2D eigenvalue weighted by atomic mass is 9.98. The van der Waals surface area contributed by atoms with Crippen molar-refractivity contribution in [1.29, 1.82) is 0 Å².